The van der Waals surface area contributed by atoms with E-state index in [0.717, 1.165) is 0 Å². The highest BCUT2D eigenvalue weighted by Gasteiger charge is 2.44. The normalized spacial score (nSPS) is 49.2. The highest BCUT2D eigenvalue weighted by atomic mass is 19.1. The van der Waals surface area contributed by atoms with Gasteiger partial charge in [-0.25, -0.2) is 8.78 Å². The van der Waals surface area contributed by atoms with Gasteiger partial charge in [0.05, 0.1) is 0 Å². The number of aliphatic hydroxyl groups excluding tert-OH is 3. The zero-order chi connectivity index (χ0) is 9.30. The Morgan fingerprint density at radius 2 is 1.75 bits per heavy atom. The average molecular weight is 184 g/mol. The van der Waals surface area contributed by atoms with Gasteiger partial charge in [-0.3, -0.25) is 0 Å². The summed E-state index contributed by atoms with van der Waals surface area (Å²) in [5.74, 6) is 0. The van der Waals surface area contributed by atoms with Crippen molar-refractivity contribution in [1.29, 1.82) is 0 Å². The van der Waals surface area contributed by atoms with E-state index in [-0.39, 0.29) is 0 Å². The van der Waals surface area contributed by atoms with Crippen molar-refractivity contribution < 1.29 is 28.8 Å². The van der Waals surface area contributed by atoms with Crippen molar-refractivity contribution in [1.82, 2.24) is 0 Å². The molecule has 1 aliphatic rings. The monoisotopic (exact) mass is 184 g/mol. The molecule has 12 heavy (non-hydrogen) atoms. The van der Waals surface area contributed by atoms with Crippen LogP contribution in [0.25, 0.3) is 0 Å². The molecule has 0 aromatic carbocycles. The highest BCUT2D eigenvalue weighted by Crippen LogP contribution is 2.22. The Balaban J connectivity index is 2.63. The third-order valence-corrected chi connectivity index (χ3v) is 1.79. The lowest BCUT2D eigenvalue weighted by atomic mass is 10.0. The second kappa shape index (κ2) is 3.61. The minimum atomic E-state index is -2.01. The number of alkyl halides is 2. The first-order valence-electron chi connectivity index (χ1n) is 3.47. The quantitative estimate of drug-likeness (QED) is 0.475. The molecule has 0 radical (unpaired) electrons. The summed E-state index contributed by atoms with van der Waals surface area (Å²) in [6, 6.07) is 0. The molecule has 0 aromatic rings. The van der Waals surface area contributed by atoms with Crippen molar-refractivity contribution in [3.63, 3.8) is 0 Å². The number of hydrogen-bond acceptors (Lipinski definition) is 4. The second-order valence-electron chi connectivity index (χ2n) is 2.65. The maximum Gasteiger partial charge on any atom is 0.184 e. The van der Waals surface area contributed by atoms with Crippen LogP contribution in [0.2, 0.25) is 0 Å². The predicted octanol–water partition coefficient (Wildman–Crippen LogP) is -1.27. The first-order valence-corrected chi connectivity index (χ1v) is 3.47. The van der Waals surface area contributed by atoms with Crippen LogP contribution in [-0.4, -0.2) is 52.8 Å². The van der Waals surface area contributed by atoms with Crippen LogP contribution in [0, 0.1) is 0 Å². The summed E-state index contributed by atoms with van der Waals surface area (Å²) < 4.78 is 29.0. The van der Waals surface area contributed by atoms with Crippen LogP contribution < -0.4 is 0 Å². The molecule has 0 unspecified atom stereocenters. The summed E-state index contributed by atoms with van der Waals surface area (Å²) in [7, 11) is 0. The van der Waals surface area contributed by atoms with Gasteiger partial charge in [0.25, 0.3) is 0 Å². The molecule has 3 N–H and O–H groups in total. The van der Waals surface area contributed by atoms with Gasteiger partial charge in [-0.1, -0.05) is 0 Å². The van der Waals surface area contributed by atoms with Gasteiger partial charge >= 0.3 is 0 Å². The second-order valence-corrected chi connectivity index (χ2v) is 2.65. The lowest BCUT2D eigenvalue weighted by molar-refractivity contribution is -0.271. The van der Waals surface area contributed by atoms with E-state index in [1.807, 2.05) is 0 Å². The fourth-order valence-corrected chi connectivity index (χ4v) is 1.03. The van der Waals surface area contributed by atoms with Gasteiger partial charge < -0.3 is 20.1 Å². The molecule has 4 nitrogen and oxygen atoms in total. The average Bonchev–Trinajstić information content (AvgIpc) is 2.08. The van der Waals surface area contributed by atoms with Gasteiger partial charge in [-0.05, 0) is 0 Å². The fourth-order valence-electron chi connectivity index (χ4n) is 1.03. The van der Waals surface area contributed by atoms with E-state index < -0.39 is 37.4 Å². The summed E-state index contributed by atoms with van der Waals surface area (Å²) in [5, 5.41) is 26.5. The van der Waals surface area contributed by atoms with E-state index in [9.17, 15) is 8.78 Å². The molecular formula is C6H10F2O4. The van der Waals surface area contributed by atoms with Gasteiger partial charge in [0, 0.05) is 0 Å². The topological polar surface area (TPSA) is 69.9 Å². The molecule has 0 aliphatic carbocycles. The summed E-state index contributed by atoms with van der Waals surface area (Å²) in [5.41, 5.74) is 0. The van der Waals surface area contributed by atoms with E-state index in [2.05, 4.69) is 4.74 Å². The predicted molar refractivity (Wildman–Crippen MR) is 33.8 cm³/mol. The van der Waals surface area contributed by atoms with E-state index in [0.29, 0.717) is 0 Å². The van der Waals surface area contributed by atoms with Crippen molar-refractivity contribution >= 4 is 0 Å². The number of aliphatic hydroxyl groups is 3. The molecule has 6 heteroatoms. The third-order valence-electron chi connectivity index (χ3n) is 1.79. The van der Waals surface area contributed by atoms with Gasteiger partial charge in [0.15, 0.2) is 12.5 Å². The highest BCUT2D eigenvalue weighted by molar-refractivity contribution is 4.88. The molecular weight excluding hydrogens is 174 g/mol. The molecule has 1 fully saturated rings. The molecule has 0 saturated carbocycles. The molecule has 1 rings (SSSR count). The first-order chi connectivity index (χ1) is 5.57. The van der Waals surface area contributed by atoms with Crippen LogP contribution in [-0.2, 0) is 4.74 Å². The van der Waals surface area contributed by atoms with Crippen molar-refractivity contribution in [2.75, 3.05) is 6.67 Å². The number of rotatable bonds is 1. The number of halogens is 2. The maximum absolute atomic E-state index is 12.8. The minimum Gasteiger partial charge on any atom is -0.387 e. The molecule has 72 valence electrons. The molecule has 0 spiro atoms. The summed E-state index contributed by atoms with van der Waals surface area (Å²) in [6.07, 6.45) is -8.75. The Bertz CT molecular complexity index is 152. The molecule has 1 heterocycles. The largest absolute Gasteiger partial charge is 0.387 e. The van der Waals surface area contributed by atoms with Crippen LogP contribution in [0.3, 0.4) is 0 Å². The molecule has 0 amide bonds. The lowest BCUT2D eigenvalue weighted by Crippen LogP contribution is -2.56. The molecule has 0 bridgehead atoms. The minimum absolute atomic E-state index is 1.15. The van der Waals surface area contributed by atoms with Crippen LogP contribution >= 0.6 is 0 Å². The summed E-state index contributed by atoms with van der Waals surface area (Å²) in [4.78, 5) is 0. The smallest absolute Gasteiger partial charge is 0.184 e. The van der Waals surface area contributed by atoms with Crippen LogP contribution in [0.15, 0.2) is 0 Å². The van der Waals surface area contributed by atoms with Gasteiger partial charge in [-0.2, -0.15) is 0 Å². The van der Waals surface area contributed by atoms with E-state index in [1.165, 1.54) is 0 Å². The zero-order valence-corrected chi connectivity index (χ0v) is 6.10. The van der Waals surface area contributed by atoms with Crippen molar-refractivity contribution in [2.24, 2.45) is 0 Å². The van der Waals surface area contributed by atoms with Gasteiger partial charge in [0.1, 0.15) is 25.0 Å². The van der Waals surface area contributed by atoms with Crippen molar-refractivity contribution in [3.05, 3.63) is 0 Å². The maximum atomic E-state index is 12.8. The fraction of sp³-hybridized carbons (Fsp3) is 1.00. The Labute approximate surface area is 67.4 Å². The van der Waals surface area contributed by atoms with Crippen LogP contribution in [0.5, 0.6) is 0 Å². The van der Waals surface area contributed by atoms with Gasteiger partial charge in [-0.15, -0.1) is 0 Å². The van der Waals surface area contributed by atoms with Crippen molar-refractivity contribution in [3.8, 4) is 0 Å². The molecule has 5 atom stereocenters. The van der Waals surface area contributed by atoms with Gasteiger partial charge in [0.2, 0.25) is 0 Å². The lowest BCUT2D eigenvalue weighted by Gasteiger charge is -2.35. The first kappa shape index (κ1) is 9.79. The number of ether oxygens (including phenoxy) is 1. The summed E-state index contributed by atoms with van der Waals surface area (Å²) >= 11 is 0. The molecule has 1 saturated heterocycles. The van der Waals surface area contributed by atoms with Crippen molar-refractivity contribution in [2.45, 2.75) is 30.8 Å². The van der Waals surface area contributed by atoms with E-state index >= 15 is 0 Å². The molecule has 1 aliphatic heterocycles. The third kappa shape index (κ3) is 1.56. The molecule has 0 aromatic heterocycles. The Morgan fingerprint density at radius 1 is 1.17 bits per heavy atom. The Kier molecular flexibility index (Phi) is 2.94. The zero-order valence-electron chi connectivity index (χ0n) is 6.10. The number of hydrogen-bond donors (Lipinski definition) is 3. The Morgan fingerprint density at radius 3 is 2.25 bits per heavy atom. The van der Waals surface area contributed by atoms with E-state index in [4.69, 9.17) is 15.3 Å². The standard InChI is InChI=1S/C6H10F2O4/c7-1-2-3(8)4(9)5(10)6(11)12-2/h2-6,9-11H,1H2/t2-,3+,4-,5+,6+/m0/s1. The van der Waals surface area contributed by atoms with Crippen LogP contribution in [0.4, 0.5) is 8.78 Å². The van der Waals surface area contributed by atoms with Crippen LogP contribution in [0.1, 0.15) is 0 Å². The SMILES string of the molecule is O[C@@H]1[C@@H](O)[C@H](O)O[C@@H](CF)[C@H]1F. The summed E-state index contributed by atoms with van der Waals surface area (Å²) in [6.45, 7) is -1.15. The van der Waals surface area contributed by atoms with E-state index in [1.54, 1.807) is 0 Å². The Hall–Kier alpha value is -0.300.